The Morgan fingerprint density at radius 3 is 2.74 bits per heavy atom. The maximum atomic E-state index is 4.38. The number of likely N-dealkylation sites (tertiary alicyclic amines) is 1. The monoisotopic (exact) mass is 276 g/mol. The van der Waals surface area contributed by atoms with Gasteiger partial charge in [0.15, 0.2) is 0 Å². The van der Waals surface area contributed by atoms with E-state index in [2.05, 4.69) is 35.0 Å². The van der Waals surface area contributed by atoms with Crippen molar-refractivity contribution in [2.45, 2.75) is 40.2 Å². The highest BCUT2D eigenvalue weighted by Crippen LogP contribution is 2.25. The Kier molecular flexibility index (Phi) is 5.34. The van der Waals surface area contributed by atoms with Gasteiger partial charge in [-0.25, -0.2) is 4.98 Å². The zero-order valence-electron chi connectivity index (χ0n) is 12.2. The SMILES string of the molecule is CC.CC1CCN(Cc2cccc3ncsc23)CC1. The fraction of sp³-hybridized carbons (Fsp3) is 0.562. The van der Waals surface area contributed by atoms with E-state index in [4.69, 9.17) is 0 Å². The van der Waals surface area contributed by atoms with Crippen LogP contribution in [0, 0.1) is 5.92 Å². The Balaban J connectivity index is 0.000000637. The minimum atomic E-state index is 0.908. The van der Waals surface area contributed by atoms with Crippen LogP contribution in [0.15, 0.2) is 23.7 Å². The van der Waals surface area contributed by atoms with Crippen LogP contribution >= 0.6 is 11.3 Å². The third-order valence-corrected chi connectivity index (χ3v) is 4.63. The van der Waals surface area contributed by atoms with Crippen LogP contribution in [0.5, 0.6) is 0 Å². The van der Waals surface area contributed by atoms with Crippen LogP contribution < -0.4 is 0 Å². The number of benzene rings is 1. The van der Waals surface area contributed by atoms with Crippen LogP contribution in [0.1, 0.15) is 39.2 Å². The second-order valence-corrected chi connectivity index (χ2v) is 5.93. The molecule has 1 saturated heterocycles. The summed E-state index contributed by atoms with van der Waals surface area (Å²) in [5, 5.41) is 0. The zero-order chi connectivity index (χ0) is 13.7. The van der Waals surface area contributed by atoms with E-state index < -0.39 is 0 Å². The van der Waals surface area contributed by atoms with Crippen molar-refractivity contribution in [1.29, 1.82) is 0 Å². The molecule has 2 nitrogen and oxygen atoms in total. The molecule has 0 amide bonds. The first kappa shape index (κ1) is 14.5. The lowest BCUT2D eigenvalue weighted by Gasteiger charge is -2.30. The zero-order valence-corrected chi connectivity index (χ0v) is 13.0. The van der Waals surface area contributed by atoms with E-state index in [1.54, 1.807) is 11.3 Å². The highest BCUT2D eigenvalue weighted by molar-refractivity contribution is 7.16. The van der Waals surface area contributed by atoms with E-state index in [9.17, 15) is 0 Å². The van der Waals surface area contributed by atoms with E-state index in [0.717, 1.165) is 18.0 Å². The molecular weight excluding hydrogens is 252 g/mol. The summed E-state index contributed by atoms with van der Waals surface area (Å²) < 4.78 is 1.37. The van der Waals surface area contributed by atoms with Crippen LogP contribution in [-0.4, -0.2) is 23.0 Å². The van der Waals surface area contributed by atoms with Crippen molar-refractivity contribution in [3.05, 3.63) is 29.3 Å². The lowest BCUT2D eigenvalue weighted by molar-refractivity contribution is 0.186. The van der Waals surface area contributed by atoms with Crippen molar-refractivity contribution < 1.29 is 0 Å². The first-order chi connectivity index (χ1) is 9.33. The summed E-state index contributed by atoms with van der Waals surface area (Å²) in [6.45, 7) is 9.94. The van der Waals surface area contributed by atoms with E-state index in [0.29, 0.717) is 0 Å². The fourth-order valence-corrected chi connectivity index (χ4v) is 3.33. The highest BCUT2D eigenvalue weighted by atomic mass is 32.1. The molecule has 1 aliphatic rings. The van der Waals surface area contributed by atoms with Gasteiger partial charge < -0.3 is 0 Å². The van der Waals surface area contributed by atoms with Gasteiger partial charge in [-0.2, -0.15) is 0 Å². The second-order valence-electron chi connectivity index (χ2n) is 5.08. The van der Waals surface area contributed by atoms with Crippen molar-refractivity contribution in [2.24, 2.45) is 5.92 Å². The summed E-state index contributed by atoms with van der Waals surface area (Å²) in [6.07, 6.45) is 2.69. The standard InChI is InChI=1S/C14H18N2S.C2H6/c1-11-5-7-16(8-6-11)9-12-3-2-4-13-14(12)17-10-15-13;1-2/h2-4,10-11H,5-9H2,1H3;1-2H3. The van der Waals surface area contributed by atoms with E-state index in [1.807, 2.05) is 19.4 Å². The Hall–Kier alpha value is -0.930. The predicted octanol–water partition coefficient (Wildman–Crippen LogP) is 4.55. The number of rotatable bonds is 2. The third kappa shape index (κ3) is 3.54. The van der Waals surface area contributed by atoms with Gasteiger partial charge in [0.05, 0.1) is 15.7 Å². The molecule has 1 fully saturated rings. The molecule has 104 valence electrons. The maximum absolute atomic E-state index is 4.38. The predicted molar refractivity (Wildman–Crippen MR) is 84.6 cm³/mol. The highest BCUT2D eigenvalue weighted by Gasteiger charge is 2.16. The normalized spacial score (nSPS) is 17.2. The summed E-state index contributed by atoms with van der Waals surface area (Å²) >= 11 is 1.77. The van der Waals surface area contributed by atoms with Gasteiger partial charge >= 0.3 is 0 Å². The van der Waals surface area contributed by atoms with Crippen LogP contribution in [0.3, 0.4) is 0 Å². The van der Waals surface area contributed by atoms with Gasteiger partial charge in [0.25, 0.3) is 0 Å². The number of thiazole rings is 1. The summed E-state index contributed by atoms with van der Waals surface area (Å²) in [6, 6.07) is 6.48. The molecule has 0 N–H and O–H groups in total. The molecule has 3 rings (SSSR count). The Morgan fingerprint density at radius 1 is 1.26 bits per heavy atom. The van der Waals surface area contributed by atoms with Crippen LogP contribution in [-0.2, 0) is 6.54 Å². The van der Waals surface area contributed by atoms with Gasteiger partial charge in [-0.05, 0) is 43.5 Å². The third-order valence-electron chi connectivity index (χ3n) is 3.71. The van der Waals surface area contributed by atoms with Crippen molar-refractivity contribution in [3.8, 4) is 0 Å². The topological polar surface area (TPSA) is 16.1 Å². The molecule has 0 spiro atoms. The number of aromatic nitrogens is 1. The summed E-state index contributed by atoms with van der Waals surface area (Å²) in [5.41, 5.74) is 4.55. The van der Waals surface area contributed by atoms with Gasteiger partial charge in [0.2, 0.25) is 0 Å². The number of fused-ring (bicyclic) bond motifs is 1. The minimum absolute atomic E-state index is 0.908. The Morgan fingerprint density at radius 2 is 2.00 bits per heavy atom. The molecule has 0 saturated carbocycles. The molecule has 1 aliphatic heterocycles. The minimum Gasteiger partial charge on any atom is -0.299 e. The average molecular weight is 276 g/mol. The molecule has 3 heteroatoms. The summed E-state index contributed by atoms with van der Waals surface area (Å²) in [7, 11) is 0. The largest absolute Gasteiger partial charge is 0.299 e. The second kappa shape index (κ2) is 7.01. The smallest absolute Gasteiger partial charge is 0.0815 e. The lowest BCUT2D eigenvalue weighted by Crippen LogP contribution is -2.32. The molecular formula is C16H24N2S. The van der Waals surface area contributed by atoms with Gasteiger partial charge in [-0.3, -0.25) is 4.90 Å². The van der Waals surface area contributed by atoms with Gasteiger partial charge in [-0.1, -0.05) is 32.9 Å². The van der Waals surface area contributed by atoms with Crippen molar-refractivity contribution in [1.82, 2.24) is 9.88 Å². The molecule has 2 heterocycles. The molecule has 1 aromatic carbocycles. The maximum Gasteiger partial charge on any atom is 0.0815 e. The number of piperidine rings is 1. The van der Waals surface area contributed by atoms with Crippen molar-refractivity contribution >= 4 is 21.6 Å². The molecule has 2 aromatic rings. The van der Waals surface area contributed by atoms with Crippen molar-refractivity contribution in [3.63, 3.8) is 0 Å². The van der Waals surface area contributed by atoms with Crippen LogP contribution in [0.2, 0.25) is 0 Å². The molecule has 1 aromatic heterocycles. The fourth-order valence-electron chi connectivity index (χ4n) is 2.53. The molecule has 0 radical (unpaired) electrons. The van der Waals surface area contributed by atoms with Gasteiger partial charge in [0, 0.05) is 6.54 Å². The lowest BCUT2D eigenvalue weighted by atomic mass is 9.99. The van der Waals surface area contributed by atoms with E-state index in [1.165, 1.54) is 36.2 Å². The molecule has 0 bridgehead atoms. The first-order valence-electron chi connectivity index (χ1n) is 7.36. The van der Waals surface area contributed by atoms with Gasteiger partial charge in [-0.15, -0.1) is 11.3 Å². The van der Waals surface area contributed by atoms with Crippen molar-refractivity contribution in [2.75, 3.05) is 13.1 Å². The Bertz CT molecular complexity index is 498. The molecule has 19 heavy (non-hydrogen) atoms. The molecule has 0 unspecified atom stereocenters. The number of nitrogens with zero attached hydrogens (tertiary/aromatic N) is 2. The summed E-state index contributed by atoms with van der Waals surface area (Å²) in [4.78, 5) is 6.96. The summed E-state index contributed by atoms with van der Waals surface area (Å²) in [5.74, 6) is 0.908. The molecule has 0 atom stereocenters. The molecule has 0 aliphatic carbocycles. The van der Waals surface area contributed by atoms with E-state index >= 15 is 0 Å². The Labute approximate surface area is 120 Å². The van der Waals surface area contributed by atoms with E-state index in [-0.39, 0.29) is 0 Å². The number of hydrogen-bond acceptors (Lipinski definition) is 3. The quantitative estimate of drug-likeness (QED) is 0.799. The first-order valence-corrected chi connectivity index (χ1v) is 8.24. The van der Waals surface area contributed by atoms with Gasteiger partial charge in [0.1, 0.15) is 0 Å². The average Bonchev–Trinajstić information content (AvgIpc) is 2.93. The van der Waals surface area contributed by atoms with Crippen LogP contribution in [0.4, 0.5) is 0 Å². The number of hydrogen-bond donors (Lipinski definition) is 0. The van der Waals surface area contributed by atoms with Crippen LogP contribution in [0.25, 0.3) is 10.2 Å².